The van der Waals surface area contributed by atoms with E-state index in [1.165, 1.54) is 13.8 Å². The molecule has 0 heterocycles. The van der Waals surface area contributed by atoms with E-state index < -0.39 is 28.9 Å². The molecular weight excluding hydrogens is 473 g/mol. The summed E-state index contributed by atoms with van der Waals surface area (Å²) in [4.78, 5) is 12.6. The van der Waals surface area contributed by atoms with E-state index in [9.17, 15) is 22.4 Å². The SMILES string of the molecule is CC(C)(C(=O)Nc1ccc(I)cc1Cl)c1cc(C(F)(F)F)ccc1F. The van der Waals surface area contributed by atoms with Crippen LogP contribution < -0.4 is 5.32 Å². The maximum atomic E-state index is 14.1. The monoisotopic (exact) mass is 485 g/mol. The summed E-state index contributed by atoms with van der Waals surface area (Å²) >= 11 is 8.09. The van der Waals surface area contributed by atoms with Gasteiger partial charge in [0.2, 0.25) is 5.91 Å². The second-order valence-corrected chi connectivity index (χ2v) is 7.55. The lowest BCUT2D eigenvalue weighted by atomic mass is 9.82. The van der Waals surface area contributed by atoms with E-state index in [0.717, 1.165) is 3.57 Å². The molecule has 0 saturated carbocycles. The van der Waals surface area contributed by atoms with Crippen molar-refractivity contribution in [2.24, 2.45) is 0 Å². The van der Waals surface area contributed by atoms with Crippen LogP contribution in [0.4, 0.5) is 23.2 Å². The Bertz CT molecular complexity index is 821. The molecule has 8 heteroatoms. The van der Waals surface area contributed by atoms with Crippen molar-refractivity contribution in [3.63, 3.8) is 0 Å². The number of hydrogen-bond acceptors (Lipinski definition) is 1. The first kappa shape index (κ1) is 20.0. The highest BCUT2D eigenvalue weighted by Crippen LogP contribution is 2.35. The van der Waals surface area contributed by atoms with Gasteiger partial charge >= 0.3 is 6.18 Å². The van der Waals surface area contributed by atoms with Crippen molar-refractivity contribution in [2.45, 2.75) is 25.4 Å². The van der Waals surface area contributed by atoms with Crippen molar-refractivity contribution in [1.29, 1.82) is 0 Å². The van der Waals surface area contributed by atoms with Crippen molar-refractivity contribution < 1.29 is 22.4 Å². The molecule has 0 radical (unpaired) electrons. The molecule has 0 atom stereocenters. The molecule has 2 rings (SSSR count). The predicted octanol–water partition coefficient (Wildman–Crippen LogP) is 6.02. The molecule has 0 aromatic heterocycles. The first-order valence-electron chi connectivity index (χ1n) is 7.06. The Balaban J connectivity index is 2.38. The van der Waals surface area contributed by atoms with Crippen LogP contribution in [0.5, 0.6) is 0 Å². The third-order valence-electron chi connectivity index (χ3n) is 3.71. The lowest BCUT2D eigenvalue weighted by molar-refractivity contribution is -0.137. The highest BCUT2D eigenvalue weighted by atomic mass is 127. The second kappa shape index (κ2) is 7.11. The van der Waals surface area contributed by atoms with Gasteiger partial charge in [0.15, 0.2) is 0 Å². The minimum absolute atomic E-state index is 0.278. The molecule has 1 N–H and O–H groups in total. The molecule has 0 aliphatic rings. The summed E-state index contributed by atoms with van der Waals surface area (Å²) in [5.41, 5.74) is -2.61. The molecular formula is C17H13ClF4INO. The maximum absolute atomic E-state index is 14.1. The van der Waals surface area contributed by atoms with E-state index in [1.54, 1.807) is 18.2 Å². The smallest absolute Gasteiger partial charge is 0.324 e. The number of alkyl halides is 3. The van der Waals surface area contributed by atoms with Crippen LogP contribution in [0.1, 0.15) is 25.0 Å². The molecule has 25 heavy (non-hydrogen) atoms. The lowest BCUT2D eigenvalue weighted by Gasteiger charge is -2.26. The Kier molecular flexibility index (Phi) is 5.68. The highest BCUT2D eigenvalue weighted by Gasteiger charge is 2.37. The van der Waals surface area contributed by atoms with Crippen molar-refractivity contribution in [2.75, 3.05) is 5.32 Å². The van der Waals surface area contributed by atoms with Crippen molar-refractivity contribution >= 4 is 45.8 Å². The molecule has 1 amide bonds. The third-order valence-corrected chi connectivity index (χ3v) is 4.70. The number of nitrogens with one attached hydrogen (secondary N) is 1. The maximum Gasteiger partial charge on any atom is 0.416 e. The summed E-state index contributed by atoms with van der Waals surface area (Å²) < 4.78 is 53.6. The quantitative estimate of drug-likeness (QED) is 0.418. The number of halogens is 6. The highest BCUT2D eigenvalue weighted by molar-refractivity contribution is 14.1. The van der Waals surface area contributed by atoms with Gasteiger partial charge in [0.25, 0.3) is 0 Å². The summed E-state index contributed by atoms with van der Waals surface area (Å²) in [5, 5.41) is 2.82. The van der Waals surface area contributed by atoms with E-state index in [-0.39, 0.29) is 10.6 Å². The normalized spacial score (nSPS) is 12.2. The Hall–Kier alpha value is -1.35. The third kappa shape index (κ3) is 4.44. The number of carbonyl (C=O) groups excluding carboxylic acids is 1. The Morgan fingerprint density at radius 3 is 2.32 bits per heavy atom. The standard InChI is InChI=1S/C17H13ClF4INO/c1-16(2,11-7-9(17(20,21)22)3-5-13(11)19)15(25)24-14-6-4-10(23)8-12(14)18/h3-8H,1-2H3,(H,24,25). The fourth-order valence-electron chi connectivity index (χ4n) is 2.17. The van der Waals surface area contributed by atoms with Crippen LogP contribution in [0.2, 0.25) is 5.02 Å². The molecule has 2 aromatic carbocycles. The van der Waals surface area contributed by atoms with Gasteiger partial charge in [0, 0.05) is 9.13 Å². The van der Waals surface area contributed by atoms with Gasteiger partial charge in [-0.05, 0) is 72.8 Å². The van der Waals surface area contributed by atoms with Gasteiger partial charge in [-0.15, -0.1) is 0 Å². The summed E-state index contributed by atoms with van der Waals surface area (Å²) in [6, 6.07) is 6.91. The van der Waals surface area contributed by atoms with Gasteiger partial charge < -0.3 is 5.32 Å². The van der Waals surface area contributed by atoms with Crippen LogP contribution in [0, 0.1) is 9.39 Å². The van der Waals surface area contributed by atoms with E-state index in [1.807, 2.05) is 22.6 Å². The zero-order valence-electron chi connectivity index (χ0n) is 13.1. The molecule has 0 saturated heterocycles. The first-order chi connectivity index (χ1) is 11.4. The Morgan fingerprint density at radius 2 is 1.76 bits per heavy atom. The van der Waals surface area contributed by atoms with E-state index >= 15 is 0 Å². The van der Waals surface area contributed by atoms with Gasteiger partial charge in [-0.1, -0.05) is 11.6 Å². The summed E-state index contributed by atoms with van der Waals surface area (Å²) in [5.74, 6) is -1.56. The number of amides is 1. The average Bonchev–Trinajstić information content (AvgIpc) is 2.49. The number of carbonyl (C=O) groups is 1. The summed E-state index contributed by atoms with van der Waals surface area (Å²) in [6.45, 7) is 2.70. The van der Waals surface area contributed by atoms with Crippen LogP contribution >= 0.6 is 34.2 Å². The van der Waals surface area contributed by atoms with Crippen LogP contribution in [0.3, 0.4) is 0 Å². The molecule has 0 fully saturated rings. The number of rotatable bonds is 3. The second-order valence-electron chi connectivity index (χ2n) is 5.90. The molecule has 0 aliphatic carbocycles. The predicted molar refractivity (Wildman–Crippen MR) is 97.2 cm³/mol. The largest absolute Gasteiger partial charge is 0.416 e. The van der Waals surface area contributed by atoms with Gasteiger partial charge in [0.05, 0.1) is 21.7 Å². The molecule has 2 nitrogen and oxygen atoms in total. The minimum Gasteiger partial charge on any atom is -0.324 e. The van der Waals surface area contributed by atoms with Crippen molar-refractivity contribution in [1.82, 2.24) is 0 Å². The van der Waals surface area contributed by atoms with E-state index in [0.29, 0.717) is 23.9 Å². The molecule has 0 spiro atoms. The van der Waals surface area contributed by atoms with Crippen LogP contribution in [0.15, 0.2) is 36.4 Å². The molecule has 134 valence electrons. The molecule has 0 aliphatic heterocycles. The van der Waals surface area contributed by atoms with Crippen LogP contribution in [0.25, 0.3) is 0 Å². The van der Waals surface area contributed by atoms with Gasteiger partial charge in [-0.2, -0.15) is 13.2 Å². The number of hydrogen-bond donors (Lipinski definition) is 1. The van der Waals surface area contributed by atoms with Crippen LogP contribution in [-0.2, 0) is 16.4 Å². The van der Waals surface area contributed by atoms with Crippen LogP contribution in [-0.4, -0.2) is 5.91 Å². The Labute approximate surface area is 160 Å². The molecule has 0 bridgehead atoms. The number of benzene rings is 2. The Morgan fingerprint density at radius 1 is 1.12 bits per heavy atom. The van der Waals surface area contributed by atoms with E-state index in [2.05, 4.69) is 5.32 Å². The van der Waals surface area contributed by atoms with Gasteiger partial charge in [-0.3, -0.25) is 4.79 Å². The van der Waals surface area contributed by atoms with E-state index in [4.69, 9.17) is 11.6 Å². The fraction of sp³-hybridized carbons (Fsp3) is 0.235. The summed E-state index contributed by atoms with van der Waals surface area (Å²) in [7, 11) is 0. The van der Waals surface area contributed by atoms with Gasteiger partial charge in [-0.25, -0.2) is 4.39 Å². The lowest BCUT2D eigenvalue weighted by Crippen LogP contribution is -2.36. The van der Waals surface area contributed by atoms with Gasteiger partial charge in [0.1, 0.15) is 5.82 Å². The topological polar surface area (TPSA) is 29.1 Å². The first-order valence-corrected chi connectivity index (χ1v) is 8.52. The number of anilines is 1. The fourth-order valence-corrected chi connectivity index (χ4v) is 3.08. The molecule has 0 unspecified atom stereocenters. The van der Waals surface area contributed by atoms with Crippen molar-refractivity contribution in [3.05, 3.63) is 61.9 Å². The van der Waals surface area contributed by atoms with Crippen molar-refractivity contribution in [3.8, 4) is 0 Å². The minimum atomic E-state index is -4.63. The average molecular weight is 486 g/mol. The zero-order chi connectivity index (χ0) is 19.0. The molecule has 2 aromatic rings. The summed E-state index contributed by atoms with van der Waals surface area (Å²) in [6.07, 6.45) is -4.63. The zero-order valence-corrected chi connectivity index (χ0v) is 16.1.